The quantitative estimate of drug-likeness (QED) is 0.0300. The summed E-state index contributed by atoms with van der Waals surface area (Å²) < 4.78 is 5.55. The molecule has 0 aromatic heterocycles. The summed E-state index contributed by atoms with van der Waals surface area (Å²) in [7, 11) is 0. The third-order valence-electron chi connectivity index (χ3n) is 10.2. The summed E-state index contributed by atoms with van der Waals surface area (Å²) in [6.45, 7) is 9.33. The maximum Gasteiger partial charge on any atom is 0.345 e. The van der Waals surface area contributed by atoms with Gasteiger partial charge in [-0.3, -0.25) is 4.79 Å². The van der Waals surface area contributed by atoms with Gasteiger partial charge in [-0.05, 0) is 63.7 Å². The molecule has 0 aliphatic heterocycles. The first kappa shape index (κ1) is 48.6. The molecule has 50 heavy (non-hydrogen) atoms. The summed E-state index contributed by atoms with van der Waals surface area (Å²) in [6.07, 6.45) is 45.9. The number of carbonyl (C=O) groups excluding carboxylic acids is 2. The first-order valence-corrected chi connectivity index (χ1v) is 22.1. The number of hydrogen-bond acceptors (Lipinski definition) is 4. The Bertz CT molecular complexity index is 800. The van der Waals surface area contributed by atoms with Gasteiger partial charge in [0.25, 0.3) is 0 Å². The Morgan fingerprint density at radius 3 is 1.50 bits per heavy atom. The Balaban J connectivity index is 4.42. The molecule has 0 aliphatic carbocycles. The van der Waals surface area contributed by atoms with Gasteiger partial charge in [0.2, 0.25) is 5.60 Å². The molecule has 0 rings (SSSR count). The number of ketones is 1. The van der Waals surface area contributed by atoms with Gasteiger partial charge < -0.3 is 9.84 Å². The smallest absolute Gasteiger partial charge is 0.345 e. The molecule has 0 aromatic carbocycles. The molecule has 1 N–H and O–H groups in total. The average Bonchev–Trinajstić information content (AvgIpc) is 3.10. The first-order chi connectivity index (χ1) is 24.4. The molecule has 1 atom stereocenters. The molecule has 0 saturated heterocycles. The predicted octanol–water partition coefficient (Wildman–Crippen LogP) is 14.5. The molecule has 0 fully saturated rings. The zero-order valence-corrected chi connectivity index (χ0v) is 34.1. The van der Waals surface area contributed by atoms with Gasteiger partial charge in [0.1, 0.15) is 0 Å². The highest BCUT2D eigenvalue weighted by atomic mass is 16.5. The largest absolute Gasteiger partial charge is 0.463 e. The Hall–Kier alpha value is -1.42. The topological polar surface area (TPSA) is 63.6 Å². The number of unbranched alkanes of at least 4 members (excludes halogenated alkanes) is 25. The average molecular weight is 703 g/mol. The number of esters is 1. The van der Waals surface area contributed by atoms with E-state index in [9.17, 15) is 14.7 Å². The van der Waals surface area contributed by atoms with Crippen LogP contribution >= 0.6 is 0 Å². The van der Waals surface area contributed by atoms with Crippen molar-refractivity contribution >= 4 is 11.8 Å². The number of hydrogen-bond donors (Lipinski definition) is 1. The monoisotopic (exact) mass is 703 g/mol. The van der Waals surface area contributed by atoms with Gasteiger partial charge in [-0.1, -0.05) is 200 Å². The van der Waals surface area contributed by atoms with E-state index in [1.165, 1.54) is 116 Å². The van der Waals surface area contributed by atoms with Gasteiger partial charge in [0, 0.05) is 6.42 Å². The van der Waals surface area contributed by atoms with Gasteiger partial charge >= 0.3 is 5.97 Å². The molecule has 0 bridgehead atoms. The molecule has 4 nitrogen and oxygen atoms in total. The molecule has 294 valence electrons. The Kier molecular flexibility index (Phi) is 36.3. The van der Waals surface area contributed by atoms with Crippen molar-refractivity contribution in [3.05, 3.63) is 24.3 Å². The lowest BCUT2D eigenvalue weighted by molar-refractivity contribution is -0.171. The number of ether oxygens (including phenoxy) is 1. The van der Waals surface area contributed by atoms with E-state index in [0.29, 0.717) is 13.0 Å². The van der Waals surface area contributed by atoms with Crippen LogP contribution in [-0.2, 0) is 14.3 Å². The minimum absolute atomic E-state index is 0.193. The minimum Gasteiger partial charge on any atom is -0.463 e. The van der Waals surface area contributed by atoms with Crippen LogP contribution in [0.5, 0.6) is 0 Å². The molecule has 0 amide bonds. The molecule has 0 radical (unpaired) electrons. The molecule has 4 heteroatoms. The fraction of sp³-hybridized carbons (Fsp3) is 0.870. The van der Waals surface area contributed by atoms with Crippen molar-refractivity contribution in [2.45, 2.75) is 245 Å². The molecule has 0 saturated carbocycles. The van der Waals surface area contributed by atoms with E-state index in [1.54, 1.807) is 0 Å². The summed E-state index contributed by atoms with van der Waals surface area (Å²) in [5.41, 5.74) is -1.98. The van der Waals surface area contributed by atoms with Crippen molar-refractivity contribution in [2.75, 3.05) is 6.61 Å². The maximum atomic E-state index is 13.3. The fourth-order valence-electron chi connectivity index (χ4n) is 6.70. The number of rotatable bonds is 39. The lowest BCUT2D eigenvalue weighted by atomic mass is 9.88. The van der Waals surface area contributed by atoms with E-state index in [0.717, 1.165) is 83.0 Å². The lowest BCUT2D eigenvalue weighted by Crippen LogP contribution is -2.48. The van der Waals surface area contributed by atoms with Crippen LogP contribution in [0.3, 0.4) is 0 Å². The number of aliphatic hydroxyl groups is 1. The van der Waals surface area contributed by atoms with Gasteiger partial charge in [-0.2, -0.15) is 0 Å². The first-order valence-electron chi connectivity index (χ1n) is 22.1. The highest BCUT2D eigenvalue weighted by Crippen LogP contribution is 2.24. The fourth-order valence-corrected chi connectivity index (χ4v) is 6.70. The van der Waals surface area contributed by atoms with Crippen LogP contribution < -0.4 is 0 Å². The summed E-state index contributed by atoms with van der Waals surface area (Å²) in [6, 6.07) is 0. The molecular formula is C46H86O4. The minimum atomic E-state index is -1.98. The number of carbonyl (C=O) groups is 2. The van der Waals surface area contributed by atoms with E-state index in [4.69, 9.17) is 4.74 Å². The predicted molar refractivity (Wildman–Crippen MR) is 218 cm³/mol. The Morgan fingerprint density at radius 1 is 0.540 bits per heavy atom. The third-order valence-corrected chi connectivity index (χ3v) is 10.2. The van der Waals surface area contributed by atoms with Crippen molar-refractivity contribution < 1.29 is 19.4 Å². The van der Waals surface area contributed by atoms with Crippen molar-refractivity contribution in [1.82, 2.24) is 0 Å². The Labute approximate surface area is 312 Å². The van der Waals surface area contributed by atoms with Gasteiger partial charge in [-0.25, -0.2) is 4.79 Å². The van der Waals surface area contributed by atoms with Gasteiger partial charge in [0.15, 0.2) is 5.78 Å². The van der Waals surface area contributed by atoms with Crippen molar-refractivity contribution in [3.63, 3.8) is 0 Å². The maximum absolute atomic E-state index is 13.3. The van der Waals surface area contributed by atoms with Crippen molar-refractivity contribution in [3.8, 4) is 0 Å². The van der Waals surface area contributed by atoms with Crippen LogP contribution in [0.4, 0.5) is 0 Å². The van der Waals surface area contributed by atoms with Crippen molar-refractivity contribution in [2.24, 2.45) is 5.92 Å². The van der Waals surface area contributed by atoms with E-state index in [-0.39, 0.29) is 18.6 Å². The van der Waals surface area contributed by atoms with Crippen molar-refractivity contribution in [1.29, 1.82) is 0 Å². The van der Waals surface area contributed by atoms with Crippen LogP contribution in [-0.4, -0.2) is 29.1 Å². The molecule has 0 aliphatic rings. The normalized spacial score (nSPS) is 13.2. The summed E-state index contributed by atoms with van der Waals surface area (Å²) in [5, 5.41) is 11.4. The molecule has 1 unspecified atom stereocenters. The summed E-state index contributed by atoms with van der Waals surface area (Å²) >= 11 is 0. The second kappa shape index (κ2) is 37.3. The molecule has 0 aromatic rings. The molecule has 0 heterocycles. The highest BCUT2D eigenvalue weighted by molar-refractivity contribution is 6.06. The third kappa shape index (κ3) is 31.3. The van der Waals surface area contributed by atoms with E-state index in [2.05, 4.69) is 52.0 Å². The van der Waals surface area contributed by atoms with Gasteiger partial charge in [0.05, 0.1) is 6.61 Å². The molecular weight excluding hydrogens is 617 g/mol. The van der Waals surface area contributed by atoms with Crippen LogP contribution in [0.15, 0.2) is 24.3 Å². The lowest BCUT2D eigenvalue weighted by Gasteiger charge is -2.25. The van der Waals surface area contributed by atoms with E-state index in [1.807, 2.05) is 0 Å². The molecule has 0 spiro atoms. The summed E-state index contributed by atoms with van der Waals surface area (Å²) in [4.78, 5) is 26.4. The number of Topliss-reactive ketones (excluding diaryl/α,β-unsaturated/α-hetero) is 1. The van der Waals surface area contributed by atoms with Gasteiger partial charge in [-0.15, -0.1) is 0 Å². The standard InChI is InChI=1S/C46H86O4/c1-5-7-9-11-13-15-17-19-21-22-24-26-28-32-36-40-44(47)46(49,45(48)50-42-38-34-30-31-35-39-43(3)4)41-37-33-29-27-25-23-20-18-16-14-12-10-8-6-2/h13,15,19,21,43,49H,5-12,14,16-18,20,22-42H2,1-4H3/b15-13-,21-19-. The van der Waals surface area contributed by atoms with Crippen LogP contribution in [0.2, 0.25) is 0 Å². The SMILES string of the molecule is CCCCC/C=C\C/C=C\CCCCCCCC(=O)C(O)(CCCCCCCCCCCCCCCC)C(=O)OCCCCCCCC(C)C. The highest BCUT2D eigenvalue weighted by Gasteiger charge is 2.43. The van der Waals surface area contributed by atoms with Crippen LogP contribution in [0.1, 0.15) is 240 Å². The summed E-state index contributed by atoms with van der Waals surface area (Å²) in [5.74, 6) is -0.299. The second-order valence-corrected chi connectivity index (χ2v) is 15.7. The second-order valence-electron chi connectivity index (χ2n) is 15.7. The van der Waals surface area contributed by atoms with E-state index < -0.39 is 11.6 Å². The number of allylic oxidation sites excluding steroid dienone is 4. The van der Waals surface area contributed by atoms with Crippen LogP contribution in [0.25, 0.3) is 0 Å². The van der Waals surface area contributed by atoms with Crippen LogP contribution in [0, 0.1) is 5.92 Å². The Morgan fingerprint density at radius 2 is 0.960 bits per heavy atom. The van der Waals surface area contributed by atoms with E-state index >= 15 is 0 Å². The zero-order valence-electron chi connectivity index (χ0n) is 34.1. The zero-order chi connectivity index (χ0) is 36.8.